The van der Waals surface area contributed by atoms with Gasteiger partial charge in [0.15, 0.2) is 6.29 Å². The van der Waals surface area contributed by atoms with E-state index in [-0.39, 0.29) is 36.3 Å². The minimum absolute atomic E-state index is 0.00916. The van der Waals surface area contributed by atoms with E-state index in [9.17, 15) is 9.90 Å². The number of para-hydroxylation sites is 3. The summed E-state index contributed by atoms with van der Waals surface area (Å²) < 4.78 is 19.1. The molecule has 258 valence electrons. The summed E-state index contributed by atoms with van der Waals surface area (Å²) in [6.07, 6.45) is 0.566. The Morgan fingerprint density at radius 1 is 0.824 bits per heavy atom. The number of aliphatic hydroxyl groups excluding tert-OH is 1. The number of fused-ring (bicyclic) bond motifs is 1. The van der Waals surface area contributed by atoms with E-state index >= 15 is 0 Å². The van der Waals surface area contributed by atoms with Gasteiger partial charge in [-0.3, -0.25) is 9.78 Å². The van der Waals surface area contributed by atoms with Crippen LogP contribution in [0.5, 0.6) is 5.75 Å². The number of benzene rings is 5. The summed E-state index contributed by atoms with van der Waals surface area (Å²) in [4.78, 5) is 22.8. The lowest BCUT2D eigenvalue weighted by molar-refractivity contribution is -0.268. The summed E-state index contributed by atoms with van der Waals surface area (Å²) in [5.74, 6) is 1.33. The van der Waals surface area contributed by atoms with Crippen molar-refractivity contribution >= 4 is 28.7 Å². The molecule has 0 spiro atoms. The highest BCUT2D eigenvalue weighted by atomic mass is 32.2. The van der Waals surface area contributed by atoms with Gasteiger partial charge in [0.25, 0.3) is 5.91 Å². The van der Waals surface area contributed by atoms with Gasteiger partial charge < -0.3 is 24.6 Å². The first kappa shape index (κ1) is 34.4. The first-order chi connectivity index (χ1) is 25.0. The Morgan fingerprint density at radius 2 is 1.57 bits per heavy atom. The molecule has 0 unspecified atom stereocenters. The summed E-state index contributed by atoms with van der Waals surface area (Å²) >= 11 is 1.71. The number of ether oxygens (including phenoxy) is 3. The Morgan fingerprint density at radius 3 is 2.37 bits per heavy atom. The van der Waals surface area contributed by atoms with Crippen molar-refractivity contribution < 1.29 is 24.1 Å². The number of rotatable bonds is 11. The van der Waals surface area contributed by atoms with Gasteiger partial charge in [-0.15, -0.1) is 11.8 Å². The van der Waals surface area contributed by atoms with E-state index in [0.717, 1.165) is 49.5 Å². The van der Waals surface area contributed by atoms with Gasteiger partial charge in [-0.25, -0.2) is 4.98 Å². The van der Waals surface area contributed by atoms with E-state index in [1.165, 1.54) is 6.20 Å². The molecule has 51 heavy (non-hydrogen) atoms. The van der Waals surface area contributed by atoms with Crippen molar-refractivity contribution in [2.24, 2.45) is 5.92 Å². The van der Waals surface area contributed by atoms with Crippen molar-refractivity contribution in [3.63, 3.8) is 0 Å². The topological polar surface area (TPSA) is 103 Å². The number of hydrogen-bond acceptors (Lipinski definition) is 8. The lowest BCUT2D eigenvalue weighted by Gasteiger charge is -2.41. The maximum atomic E-state index is 12.9. The van der Waals surface area contributed by atoms with Crippen LogP contribution in [0, 0.1) is 5.92 Å². The van der Waals surface area contributed by atoms with Gasteiger partial charge in [-0.2, -0.15) is 0 Å². The summed E-state index contributed by atoms with van der Waals surface area (Å²) in [6.45, 7) is 2.50. The maximum absolute atomic E-state index is 12.9. The van der Waals surface area contributed by atoms with E-state index in [2.05, 4.69) is 52.5 Å². The van der Waals surface area contributed by atoms with Crippen LogP contribution >= 0.6 is 11.8 Å². The maximum Gasteiger partial charge on any atom is 0.271 e. The Kier molecular flexibility index (Phi) is 10.7. The molecule has 0 bridgehead atoms. The molecule has 2 N–H and O–H groups in total. The number of carbonyl (C=O) groups excluding carboxylic acids is 1. The SMILES string of the molecule is COc1ccccc1SC[C@H]1O[C@@H](c2cccc(-c3cccc(CNC(=O)c4cnc5ccccc5n4)c3)c2)O[C@@H](c2ccc(CO)cc2)[C@H]1C. The van der Waals surface area contributed by atoms with Gasteiger partial charge in [-0.05, 0) is 64.2 Å². The number of nitrogens with zero attached hydrogens (tertiary/aromatic N) is 2. The predicted octanol–water partition coefficient (Wildman–Crippen LogP) is 8.31. The summed E-state index contributed by atoms with van der Waals surface area (Å²) in [7, 11) is 1.69. The fraction of sp³-hybridized carbons (Fsp3) is 0.214. The molecule has 2 heterocycles. The molecule has 1 saturated heterocycles. The normalized spacial score (nSPS) is 18.7. The van der Waals surface area contributed by atoms with E-state index in [4.69, 9.17) is 14.2 Å². The second-order valence-corrected chi connectivity index (χ2v) is 13.6. The number of hydrogen-bond donors (Lipinski definition) is 2. The lowest BCUT2D eigenvalue weighted by Crippen LogP contribution is -2.38. The minimum Gasteiger partial charge on any atom is -0.496 e. The smallest absolute Gasteiger partial charge is 0.271 e. The second kappa shape index (κ2) is 15.9. The van der Waals surface area contributed by atoms with Crippen LogP contribution in [0.1, 0.15) is 52.1 Å². The molecule has 1 aromatic heterocycles. The van der Waals surface area contributed by atoms with E-state index in [1.807, 2.05) is 91.0 Å². The molecule has 7 rings (SSSR count). The molecule has 0 aliphatic carbocycles. The number of thioether (sulfide) groups is 1. The van der Waals surface area contributed by atoms with E-state index in [0.29, 0.717) is 17.8 Å². The lowest BCUT2D eigenvalue weighted by atomic mass is 9.91. The van der Waals surface area contributed by atoms with Gasteiger partial charge in [0.1, 0.15) is 11.4 Å². The third-order valence-electron chi connectivity index (χ3n) is 9.15. The highest BCUT2D eigenvalue weighted by Gasteiger charge is 2.38. The molecule has 0 saturated carbocycles. The summed E-state index contributed by atoms with van der Waals surface area (Å²) in [5, 5.41) is 12.6. The van der Waals surface area contributed by atoms with Gasteiger partial charge in [0.05, 0.1) is 43.2 Å². The van der Waals surface area contributed by atoms with Crippen LogP contribution < -0.4 is 10.1 Å². The zero-order chi connectivity index (χ0) is 35.2. The zero-order valence-electron chi connectivity index (χ0n) is 28.4. The largest absolute Gasteiger partial charge is 0.496 e. The van der Waals surface area contributed by atoms with E-state index < -0.39 is 6.29 Å². The molecule has 5 aromatic carbocycles. The molecule has 9 heteroatoms. The number of aliphatic hydroxyl groups is 1. The standard InChI is InChI=1S/C42H39N3O5S/c1-27-38(26-51-39-16-6-5-15-37(39)48-2)49-42(50-40(27)30-19-17-28(25-46)18-20-30)33-12-8-11-32(22-33)31-10-7-9-29(21-31)23-44-41(47)36-24-43-34-13-3-4-14-35(34)45-36/h3-22,24,27,38,40,42,46H,23,25-26H2,1-2H3,(H,44,47)/t27-,38+,40+,42+/m0/s1. The van der Waals surface area contributed by atoms with E-state index in [1.54, 1.807) is 18.9 Å². The number of nitrogens with one attached hydrogen (secondary N) is 1. The minimum atomic E-state index is -0.600. The first-order valence-corrected chi connectivity index (χ1v) is 17.9. The Hall–Kier alpha value is -5.06. The molecular weight excluding hydrogens is 659 g/mol. The van der Waals surface area contributed by atoms with Crippen molar-refractivity contribution in [3.8, 4) is 16.9 Å². The highest BCUT2D eigenvalue weighted by molar-refractivity contribution is 7.99. The van der Waals surface area contributed by atoms with Gasteiger partial charge in [-0.1, -0.05) is 91.9 Å². The van der Waals surface area contributed by atoms with Crippen LogP contribution in [-0.2, 0) is 22.6 Å². The predicted molar refractivity (Wildman–Crippen MR) is 199 cm³/mol. The monoisotopic (exact) mass is 697 g/mol. The molecule has 1 aliphatic rings. The molecular formula is C42H39N3O5S. The van der Waals surface area contributed by atoms with Crippen LogP contribution in [0.15, 0.2) is 132 Å². The summed E-state index contributed by atoms with van der Waals surface area (Å²) in [5.41, 5.74) is 7.50. The van der Waals surface area contributed by atoms with Crippen LogP contribution in [0.3, 0.4) is 0 Å². The fourth-order valence-electron chi connectivity index (χ4n) is 6.29. The van der Waals surface area contributed by atoms with Crippen molar-refractivity contribution in [1.82, 2.24) is 15.3 Å². The summed E-state index contributed by atoms with van der Waals surface area (Å²) in [6, 6.07) is 39.8. The molecule has 1 aliphatic heterocycles. The van der Waals surface area contributed by atoms with Crippen LogP contribution in [-0.4, -0.2) is 39.9 Å². The fourth-order valence-corrected chi connectivity index (χ4v) is 7.48. The third-order valence-corrected chi connectivity index (χ3v) is 10.3. The van der Waals surface area contributed by atoms with Gasteiger partial charge in [0.2, 0.25) is 0 Å². The molecule has 0 radical (unpaired) electrons. The molecule has 4 atom stereocenters. The van der Waals surface area contributed by atoms with Crippen molar-refractivity contribution in [2.75, 3.05) is 12.9 Å². The number of aromatic nitrogens is 2. The number of amides is 1. The number of carbonyl (C=O) groups is 1. The molecule has 1 fully saturated rings. The Bertz CT molecular complexity index is 2120. The molecule has 8 nitrogen and oxygen atoms in total. The van der Waals surface area contributed by atoms with Crippen molar-refractivity contribution in [3.05, 3.63) is 155 Å². The number of methoxy groups -OCH3 is 1. The highest BCUT2D eigenvalue weighted by Crippen LogP contribution is 2.44. The molecule has 1 amide bonds. The van der Waals surface area contributed by atoms with Crippen molar-refractivity contribution in [2.45, 2.75) is 43.5 Å². The van der Waals surface area contributed by atoms with Gasteiger partial charge >= 0.3 is 0 Å². The van der Waals surface area contributed by atoms with Crippen LogP contribution in [0.2, 0.25) is 0 Å². The second-order valence-electron chi connectivity index (χ2n) is 12.5. The molecule has 6 aromatic rings. The zero-order valence-corrected chi connectivity index (χ0v) is 29.3. The Balaban J connectivity index is 1.10. The van der Waals surface area contributed by atoms with Crippen molar-refractivity contribution in [1.29, 1.82) is 0 Å². The first-order valence-electron chi connectivity index (χ1n) is 16.9. The third kappa shape index (κ3) is 7.97. The quantitative estimate of drug-likeness (QED) is 0.130. The van der Waals surface area contributed by atoms with Crippen LogP contribution in [0.25, 0.3) is 22.2 Å². The van der Waals surface area contributed by atoms with Gasteiger partial charge in [0, 0.05) is 28.7 Å². The Labute approximate surface area is 301 Å². The van der Waals surface area contributed by atoms with Crippen LogP contribution in [0.4, 0.5) is 0 Å². The average molecular weight is 698 g/mol. The average Bonchev–Trinajstić information content (AvgIpc) is 3.19.